The van der Waals surface area contributed by atoms with Crippen LogP contribution in [0.15, 0.2) is 12.3 Å². The second kappa shape index (κ2) is 5.27. The fourth-order valence-electron chi connectivity index (χ4n) is 2.86. The molecule has 1 aliphatic rings. The molecule has 0 aliphatic carbocycles. The van der Waals surface area contributed by atoms with Crippen LogP contribution >= 0.6 is 0 Å². The van der Waals surface area contributed by atoms with Crippen LogP contribution in [0.3, 0.4) is 0 Å². The minimum atomic E-state index is 0.405. The van der Waals surface area contributed by atoms with Crippen LogP contribution in [0.1, 0.15) is 37.8 Å². The lowest BCUT2D eigenvalue weighted by molar-refractivity contribution is 0.292. The minimum Gasteiger partial charge on any atom is -0.356 e. The highest BCUT2D eigenvalue weighted by Crippen LogP contribution is 2.32. The molecule has 2 N–H and O–H groups in total. The Kier molecular flexibility index (Phi) is 3.91. The van der Waals surface area contributed by atoms with Gasteiger partial charge in [0.2, 0.25) is 0 Å². The molecule has 1 aromatic rings. The lowest BCUT2D eigenvalue weighted by Crippen LogP contribution is -2.40. The van der Waals surface area contributed by atoms with Crippen molar-refractivity contribution in [1.29, 1.82) is 0 Å². The van der Waals surface area contributed by atoms with Crippen LogP contribution in [-0.2, 0) is 6.42 Å². The molecule has 3 nitrogen and oxygen atoms in total. The zero-order chi connectivity index (χ0) is 13.2. The van der Waals surface area contributed by atoms with Crippen molar-refractivity contribution in [3.05, 3.63) is 23.4 Å². The molecule has 3 heteroatoms. The number of nitrogens with two attached hydrogens (primary N) is 1. The van der Waals surface area contributed by atoms with Gasteiger partial charge < -0.3 is 10.6 Å². The van der Waals surface area contributed by atoms with E-state index in [-0.39, 0.29) is 0 Å². The van der Waals surface area contributed by atoms with Crippen molar-refractivity contribution >= 4 is 5.82 Å². The average molecular weight is 247 g/mol. The third kappa shape index (κ3) is 3.02. The van der Waals surface area contributed by atoms with Crippen LogP contribution in [0.4, 0.5) is 5.82 Å². The first-order valence-electron chi connectivity index (χ1n) is 6.92. The van der Waals surface area contributed by atoms with E-state index in [0.29, 0.717) is 12.0 Å². The molecule has 18 heavy (non-hydrogen) atoms. The van der Waals surface area contributed by atoms with Crippen LogP contribution < -0.4 is 10.6 Å². The second-order valence-corrected chi connectivity index (χ2v) is 6.21. The Balaban J connectivity index is 2.18. The third-order valence-electron chi connectivity index (χ3n) is 3.74. The first-order chi connectivity index (χ1) is 8.52. The predicted molar refractivity (Wildman–Crippen MR) is 77.0 cm³/mol. The predicted octanol–water partition coefficient (Wildman–Crippen LogP) is 2.52. The second-order valence-electron chi connectivity index (χ2n) is 6.21. The van der Waals surface area contributed by atoms with Crippen molar-refractivity contribution in [2.24, 2.45) is 11.1 Å². The molecule has 1 fully saturated rings. The summed E-state index contributed by atoms with van der Waals surface area (Å²) < 4.78 is 0. The van der Waals surface area contributed by atoms with Crippen molar-refractivity contribution in [2.45, 2.75) is 40.0 Å². The molecule has 0 spiro atoms. The zero-order valence-electron chi connectivity index (χ0n) is 11.9. The summed E-state index contributed by atoms with van der Waals surface area (Å²) in [4.78, 5) is 7.09. The monoisotopic (exact) mass is 247 g/mol. The Morgan fingerprint density at radius 1 is 1.44 bits per heavy atom. The number of piperidine rings is 1. The van der Waals surface area contributed by atoms with Gasteiger partial charge in [0.25, 0.3) is 0 Å². The van der Waals surface area contributed by atoms with E-state index < -0.39 is 0 Å². The van der Waals surface area contributed by atoms with Gasteiger partial charge in [-0.15, -0.1) is 0 Å². The van der Waals surface area contributed by atoms with E-state index in [1.54, 1.807) is 0 Å². The first-order valence-corrected chi connectivity index (χ1v) is 6.92. The van der Waals surface area contributed by atoms with Gasteiger partial charge in [0.1, 0.15) is 5.82 Å². The highest BCUT2D eigenvalue weighted by Gasteiger charge is 2.27. The standard InChI is InChI=1S/C15H25N3/c1-12-9-13(5-7-16)10-17-14(12)18-8-4-6-15(2,3)11-18/h9-10H,4-8,11,16H2,1-3H3. The fraction of sp³-hybridized carbons (Fsp3) is 0.667. The first kappa shape index (κ1) is 13.3. The smallest absolute Gasteiger partial charge is 0.131 e. The Labute approximate surface area is 110 Å². The summed E-state index contributed by atoms with van der Waals surface area (Å²) in [7, 11) is 0. The van der Waals surface area contributed by atoms with E-state index in [1.807, 2.05) is 6.20 Å². The van der Waals surface area contributed by atoms with E-state index >= 15 is 0 Å². The summed E-state index contributed by atoms with van der Waals surface area (Å²) in [5, 5.41) is 0. The molecule has 0 bridgehead atoms. The van der Waals surface area contributed by atoms with Gasteiger partial charge >= 0.3 is 0 Å². The molecule has 0 aromatic carbocycles. The van der Waals surface area contributed by atoms with Gasteiger partial charge in [-0.05, 0) is 49.3 Å². The lowest BCUT2D eigenvalue weighted by atomic mass is 9.84. The van der Waals surface area contributed by atoms with E-state index in [2.05, 4.69) is 36.7 Å². The maximum atomic E-state index is 5.59. The van der Waals surface area contributed by atoms with Crippen molar-refractivity contribution in [3.8, 4) is 0 Å². The Morgan fingerprint density at radius 2 is 2.22 bits per heavy atom. The molecule has 2 rings (SSSR count). The molecular formula is C15H25N3. The zero-order valence-corrected chi connectivity index (χ0v) is 11.9. The van der Waals surface area contributed by atoms with Crippen LogP contribution in [0, 0.1) is 12.3 Å². The topological polar surface area (TPSA) is 42.1 Å². The molecule has 0 atom stereocenters. The highest BCUT2D eigenvalue weighted by atomic mass is 15.2. The van der Waals surface area contributed by atoms with Crippen molar-refractivity contribution < 1.29 is 0 Å². The SMILES string of the molecule is Cc1cc(CCN)cnc1N1CCCC(C)(C)C1. The minimum absolute atomic E-state index is 0.405. The number of pyridine rings is 1. The Hall–Kier alpha value is -1.09. The van der Waals surface area contributed by atoms with Gasteiger partial charge in [0.05, 0.1) is 0 Å². The number of aryl methyl sites for hydroxylation is 1. The molecule has 0 unspecified atom stereocenters. The number of aromatic nitrogens is 1. The largest absolute Gasteiger partial charge is 0.356 e. The number of nitrogens with zero attached hydrogens (tertiary/aromatic N) is 2. The number of hydrogen-bond acceptors (Lipinski definition) is 3. The normalized spacial score (nSPS) is 19.0. The summed E-state index contributed by atoms with van der Waals surface area (Å²) in [5.74, 6) is 1.16. The van der Waals surface area contributed by atoms with E-state index in [0.717, 1.165) is 25.3 Å². The van der Waals surface area contributed by atoms with Gasteiger partial charge in [-0.3, -0.25) is 0 Å². The molecular weight excluding hydrogens is 222 g/mol. The van der Waals surface area contributed by atoms with E-state index in [9.17, 15) is 0 Å². The summed E-state index contributed by atoms with van der Waals surface area (Å²) in [6.07, 6.45) is 5.48. The van der Waals surface area contributed by atoms with Gasteiger partial charge in [-0.1, -0.05) is 19.9 Å². The number of hydrogen-bond donors (Lipinski definition) is 1. The molecule has 0 amide bonds. The van der Waals surface area contributed by atoms with Crippen molar-refractivity contribution in [1.82, 2.24) is 4.98 Å². The third-order valence-corrected chi connectivity index (χ3v) is 3.74. The lowest BCUT2D eigenvalue weighted by Gasteiger charge is -2.39. The van der Waals surface area contributed by atoms with Crippen LogP contribution in [-0.4, -0.2) is 24.6 Å². The molecule has 2 heterocycles. The van der Waals surface area contributed by atoms with Gasteiger partial charge in [-0.2, -0.15) is 0 Å². The molecule has 0 radical (unpaired) electrons. The quantitative estimate of drug-likeness (QED) is 0.892. The summed E-state index contributed by atoms with van der Waals surface area (Å²) in [6, 6.07) is 2.23. The van der Waals surface area contributed by atoms with E-state index in [1.165, 1.54) is 24.0 Å². The number of anilines is 1. The van der Waals surface area contributed by atoms with Crippen LogP contribution in [0.2, 0.25) is 0 Å². The molecule has 1 aromatic heterocycles. The average Bonchev–Trinajstić information content (AvgIpc) is 2.28. The van der Waals surface area contributed by atoms with Gasteiger partial charge in [-0.25, -0.2) is 4.98 Å². The molecule has 100 valence electrons. The Bertz CT molecular complexity index is 412. The fourth-order valence-corrected chi connectivity index (χ4v) is 2.86. The van der Waals surface area contributed by atoms with Crippen molar-refractivity contribution in [3.63, 3.8) is 0 Å². The molecule has 1 aliphatic heterocycles. The van der Waals surface area contributed by atoms with Crippen LogP contribution in [0.5, 0.6) is 0 Å². The van der Waals surface area contributed by atoms with Crippen molar-refractivity contribution in [2.75, 3.05) is 24.5 Å². The summed E-state index contributed by atoms with van der Waals surface area (Å²) in [6.45, 7) is 9.78. The van der Waals surface area contributed by atoms with Crippen LogP contribution in [0.25, 0.3) is 0 Å². The van der Waals surface area contributed by atoms with Gasteiger partial charge in [0, 0.05) is 19.3 Å². The molecule has 1 saturated heterocycles. The number of rotatable bonds is 3. The summed E-state index contributed by atoms with van der Waals surface area (Å²) in [5.41, 5.74) is 8.52. The maximum Gasteiger partial charge on any atom is 0.131 e. The van der Waals surface area contributed by atoms with Gasteiger partial charge in [0.15, 0.2) is 0 Å². The van der Waals surface area contributed by atoms with E-state index in [4.69, 9.17) is 5.73 Å². The maximum absolute atomic E-state index is 5.59. The molecule has 0 saturated carbocycles. The highest BCUT2D eigenvalue weighted by molar-refractivity contribution is 5.48. The summed E-state index contributed by atoms with van der Waals surface area (Å²) >= 11 is 0. The Morgan fingerprint density at radius 3 is 2.83 bits per heavy atom.